The number of carbonyl (C=O) groups is 3. The highest BCUT2D eigenvalue weighted by molar-refractivity contribution is 8.00. The minimum Gasteiger partial charge on any atom is -0.484 e. The number of aromatic amines is 1. The number of halogens is 4. The van der Waals surface area contributed by atoms with Crippen molar-refractivity contribution >= 4 is 52.2 Å². The number of aromatic nitrogens is 1. The molecule has 3 atom stereocenters. The molecule has 6 rings (SSSR count). The van der Waals surface area contributed by atoms with Crippen molar-refractivity contribution in [2.45, 2.75) is 22.4 Å². The summed E-state index contributed by atoms with van der Waals surface area (Å²) in [5, 5.41) is 1.86. The SMILES string of the molecule is O=C(COc1ccc([C@@H]2c3sc(=O)[nH]c3S[C@H]3C(=O)N(c4ccc(F)cc4)C(=O)[C@@H]23)cc1)Nc1ccccc1C(F)(F)F. The zero-order valence-electron chi connectivity index (χ0n) is 21.7. The number of nitrogens with one attached hydrogen (secondary N) is 2. The molecule has 14 heteroatoms. The smallest absolute Gasteiger partial charge is 0.418 e. The lowest BCUT2D eigenvalue weighted by Crippen LogP contribution is -2.32. The van der Waals surface area contributed by atoms with Gasteiger partial charge in [-0.3, -0.25) is 19.2 Å². The molecule has 3 heterocycles. The van der Waals surface area contributed by atoms with Crippen LogP contribution in [0.5, 0.6) is 5.75 Å². The van der Waals surface area contributed by atoms with Crippen molar-refractivity contribution in [2.75, 3.05) is 16.8 Å². The lowest BCUT2D eigenvalue weighted by molar-refractivity contribution is -0.137. The molecule has 220 valence electrons. The molecule has 4 aromatic rings. The summed E-state index contributed by atoms with van der Waals surface area (Å²) >= 11 is 2.05. The van der Waals surface area contributed by atoms with Gasteiger partial charge in [-0.05, 0) is 54.1 Å². The molecule has 8 nitrogen and oxygen atoms in total. The standard InChI is InChI=1S/C29H19F4N3O5S2/c30-15-7-9-16(10-8-15)36-26(38)22-21(23-25(35-28(40)43-23)42-24(22)27(36)39)14-5-11-17(12-6-14)41-13-20(37)34-19-4-2-1-3-18(19)29(31,32)33/h1-12,21-22,24H,13H2,(H,34,37)(H,35,40)/t21-,22-,24+/m0/s1. The van der Waals surface area contributed by atoms with Crippen molar-refractivity contribution < 1.29 is 36.7 Å². The van der Waals surface area contributed by atoms with Gasteiger partial charge >= 0.3 is 11.0 Å². The van der Waals surface area contributed by atoms with Crippen LogP contribution in [-0.2, 0) is 20.6 Å². The molecule has 2 aliphatic rings. The molecule has 1 fully saturated rings. The summed E-state index contributed by atoms with van der Waals surface area (Å²) in [7, 11) is 0. The maximum absolute atomic E-state index is 13.7. The highest BCUT2D eigenvalue weighted by Crippen LogP contribution is 2.53. The predicted octanol–water partition coefficient (Wildman–Crippen LogP) is 5.41. The average molecular weight is 630 g/mol. The van der Waals surface area contributed by atoms with Crippen molar-refractivity contribution in [3.63, 3.8) is 0 Å². The molecule has 0 aliphatic carbocycles. The number of hydrogen-bond donors (Lipinski definition) is 2. The number of para-hydroxylation sites is 1. The average Bonchev–Trinajstić information content (AvgIpc) is 3.46. The number of carbonyl (C=O) groups excluding carboxylic acids is 3. The number of thioether (sulfide) groups is 1. The van der Waals surface area contributed by atoms with Crippen molar-refractivity contribution in [1.29, 1.82) is 0 Å². The van der Waals surface area contributed by atoms with E-state index in [1.807, 2.05) is 0 Å². The summed E-state index contributed by atoms with van der Waals surface area (Å²) in [4.78, 5) is 55.7. The second-order valence-electron chi connectivity index (χ2n) is 9.69. The number of anilines is 2. The van der Waals surface area contributed by atoms with E-state index in [9.17, 15) is 36.7 Å². The molecule has 3 aromatic carbocycles. The van der Waals surface area contributed by atoms with Crippen LogP contribution in [0.25, 0.3) is 0 Å². The second kappa shape index (κ2) is 11.0. The van der Waals surface area contributed by atoms with Gasteiger partial charge in [-0.2, -0.15) is 13.2 Å². The Balaban J connectivity index is 1.22. The van der Waals surface area contributed by atoms with Crippen LogP contribution in [0.1, 0.15) is 21.9 Å². The quantitative estimate of drug-likeness (QED) is 0.218. The Kier molecular flexibility index (Phi) is 7.34. The Bertz CT molecular complexity index is 1790. The lowest BCUT2D eigenvalue weighted by atomic mass is 9.83. The highest BCUT2D eigenvalue weighted by Gasteiger charge is 2.56. The first kappa shape index (κ1) is 28.7. The van der Waals surface area contributed by atoms with Gasteiger partial charge in [0, 0.05) is 10.8 Å². The van der Waals surface area contributed by atoms with E-state index >= 15 is 0 Å². The molecule has 0 bridgehead atoms. The van der Waals surface area contributed by atoms with Gasteiger partial charge < -0.3 is 15.0 Å². The molecule has 0 spiro atoms. The first-order valence-electron chi connectivity index (χ1n) is 12.7. The molecule has 1 aromatic heterocycles. The minimum absolute atomic E-state index is 0.231. The summed E-state index contributed by atoms with van der Waals surface area (Å²) in [6.07, 6.45) is -4.65. The largest absolute Gasteiger partial charge is 0.484 e. The molecule has 2 N–H and O–H groups in total. The molecule has 0 saturated carbocycles. The van der Waals surface area contributed by atoms with E-state index in [0.717, 1.165) is 52.3 Å². The van der Waals surface area contributed by atoms with Gasteiger partial charge in [0.15, 0.2) is 6.61 Å². The maximum Gasteiger partial charge on any atom is 0.418 e. The predicted molar refractivity (Wildman–Crippen MR) is 151 cm³/mol. The van der Waals surface area contributed by atoms with E-state index < -0.39 is 64.7 Å². The minimum atomic E-state index is -4.65. The molecule has 2 aliphatic heterocycles. The van der Waals surface area contributed by atoms with Crippen molar-refractivity contribution in [3.05, 3.63) is 104 Å². The summed E-state index contributed by atoms with van der Waals surface area (Å²) in [6.45, 7) is -0.570. The molecular formula is C29H19F4N3O5S2. The molecular weight excluding hydrogens is 610 g/mol. The van der Waals surface area contributed by atoms with Gasteiger partial charge in [0.2, 0.25) is 11.8 Å². The number of ether oxygens (including phenoxy) is 1. The van der Waals surface area contributed by atoms with Crippen LogP contribution >= 0.6 is 23.1 Å². The first-order chi connectivity index (χ1) is 20.5. The summed E-state index contributed by atoms with van der Waals surface area (Å²) < 4.78 is 58.7. The number of benzene rings is 3. The Morgan fingerprint density at radius 3 is 2.35 bits per heavy atom. The number of amides is 3. The Morgan fingerprint density at radius 2 is 1.65 bits per heavy atom. The number of imide groups is 1. The normalized spacial score (nSPS) is 19.6. The number of rotatable bonds is 6. The Labute approximate surface area is 248 Å². The van der Waals surface area contributed by atoms with E-state index in [1.54, 1.807) is 12.1 Å². The number of fused-ring (bicyclic) bond motifs is 2. The van der Waals surface area contributed by atoms with Crippen LogP contribution in [0, 0.1) is 11.7 Å². The van der Waals surface area contributed by atoms with Gasteiger partial charge in [0.05, 0.1) is 27.9 Å². The fourth-order valence-electron chi connectivity index (χ4n) is 5.17. The van der Waals surface area contributed by atoms with E-state index in [0.29, 0.717) is 15.5 Å². The second-order valence-corrected chi connectivity index (χ2v) is 11.9. The van der Waals surface area contributed by atoms with Crippen molar-refractivity contribution in [1.82, 2.24) is 4.98 Å². The monoisotopic (exact) mass is 629 g/mol. The first-order valence-corrected chi connectivity index (χ1v) is 14.4. The van der Waals surface area contributed by atoms with Crippen molar-refractivity contribution in [3.8, 4) is 5.75 Å². The Morgan fingerprint density at radius 1 is 0.953 bits per heavy atom. The topological polar surface area (TPSA) is 109 Å². The van der Waals surface area contributed by atoms with E-state index in [1.165, 1.54) is 36.4 Å². The third kappa shape index (κ3) is 5.43. The van der Waals surface area contributed by atoms with Crippen LogP contribution in [0.4, 0.5) is 28.9 Å². The molecule has 3 amide bonds. The zero-order valence-corrected chi connectivity index (χ0v) is 23.3. The van der Waals surface area contributed by atoms with E-state index in [4.69, 9.17) is 4.74 Å². The molecule has 1 saturated heterocycles. The summed E-state index contributed by atoms with van der Waals surface area (Å²) in [5.41, 5.74) is -0.539. The fourth-order valence-corrected chi connectivity index (χ4v) is 7.68. The third-order valence-corrected chi connectivity index (χ3v) is 9.43. The van der Waals surface area contributed by atoms with Gasteiger partial charge in [0.1, 0.15) is 16.8 Å². The number of alkyl halides is 3. The van der Waals surface area contributed by atoms with Gasteiger partial charge in [-0.15, -0.1) is 0 Å². The number of H-pyrrole nitrogens is 1. The highest BCUT2D eigenvalue weighted by atomic mass is 32.2. The molecule has 0 radical (unpaired) electrons. The van der Waals surface area contributed by atoms with Crippen LogP contribution in [-0.4, -0.2) is 34.6 Å². The maximum atomic E-state index is 13.7. The Hall–Kier alpha value is -4.43. The number of thiazole rings is 1. The third-order valence-electron chi connectivity index (χ3n) is 7.02. The zero-order chi connectivity index (χ0) is 30.5. The van der Waals surface area contributed by atoms with Gasteiger partial charge in [-0.1, -0.05) is 47.4 Å². The summed E-state index contributed by atoms with van der Waals surface area (Å²) in [5.74, 6) is -3.57. The molecule has 0 unspecified atom stereocenters. The van der Waals surface area contributed by atoms with E-state index in [-0.39, 0.29) is 16.3 Å². The van der Waals surface area contributed by atoms with Gasteiger partial charge in [-0.25, -0.2) is 9.29 Å². The number of hydrogen-bond acceptors (Lipinski definition) is 7. The fraction of sp³-hybridized carbons (Fsp3) is 0.172. The molecule has 43 heavy (non-hydrogen) atoms. The van der Waals surface area contributed by atoms with Crippen LogP contribution in [0.2, 0.25) is 0 Å². The van der Waals surface area contributed by atoms with Crippen molar-refractivity contribution in [2.24, 2.45) is 5.92 Å². The lowest BCUT2D eigenvalue weighted by Gasteiger charge is -2.29. The van der Waals surface area contributed by atoms with Crippen LogP contribution in [0.15, 0.2) is 82.6 Å². The summed E-state index contributed by atoms with van der Waals surface area (Å²) in [6, 6.07) is 15.9. The van der Waals surface area contributed by atoms with Crippen LogP contribution in [0.3, 0.4) is 0 Å². The van der Waals surface area contributed by atoms with E-state index in [2.05, 4.69) is 10.3 Å². The number of nitrogens with zero attached hydrogens (tertiary/aromatic N) is 1. The van der Waals surface area contributed by atoms with Crippen LogP contribution < -0.4 is 19.8 Å². The van der Waals surface area contributed by atoms with Gasteiger partial charge in [0.25, 0.3) is 5.91 Å².